The molecule has 1 N–H and O–H groups in total. The topological polar surface area (TPSA) is 63.2 Å². The van der Waals surface area contributed by atoms with Crippen molar-refractivity contribution in [3.05, 3.63) is 35.6 Å². The molecule has 0 aliphatic rings. The molecule has 4 nitrogen and oxygen atoms in total. The molecule has 100 valence electrons. The minimum Gasteiger partial charge on any atom is -0.356 e. The first-order valence-electron chi connectivity index (χ1n) is 5.56. The van der Waals surface area contributed by atoms with E-state index in [1.807, 2.05) is 0 Å². The molecule has 1 amide bonds. The summed E-state index contributed by atoms with van der Waals surface area (Å²) in [5.41, 5.74) is 0.790. The summed E-state index contributed by atoms with van der Waals surface area (Å²) >= 11 is 0. The van der Waals surface area contributed by atoms with Crippen molar-refractivity contribution in [1.29, 1.82) is 0 Å². The molecule has 0 bridgehead atoms. The highest BCUT2D eigenvalue weighted by Crippen LogP contribution is 2.03. The van der Waals surface area contributed by atoms with Gasteiger partial charge < -0.3 is 5.32 Å². The van der Waals surface area contributed by atoms with Crippen LogP contribution in [0.2, 0.25) is 0 Å². The molecule has 0 aliphatic carbocycles. The minimum atomic E-state index is -3.11. The lowest BCUT2D eigenvalue weighted by molar-refractivity contribution is -0.120. The van der Waals surface area contributed by atoms with E-state index in [1.54, 1.807) is 12.1 Å². The Labute approximate surface area is 106 Å². The molecular weight excluding hydrogens is 257 g/mol. The zero-order valence-electron chi connectivity index (χ0n) is 10.1. The Kier molecular flexibility index (Phi) is 5.27. The summed E-state index contributed by atoms with van der Waals surface area (Å²) in [6.45, 7) is 0.367. The molecule has 0 saturated heterocycles. The van der Waals surface area contributed by atoms with Crippen molar-refractivity contribution in [3.8, 4) is 0 Å². The van der Waals surface area contributed by atoms with Crippen LogP contribution in [0, 0.1) is 5.82 Å². The lowest BCUT2D eigenvalue weighted by atomic mass is 10.1. The van der Waals surface area contributed by atoms with Crippen LogP contribution in [0.15, 0.2) is 24.3 Å². The number of nitrogens with one attached hydrogen (secondary N) is 1. The quantitative estimate of drug-likeness (QED) is 0.838. The van der Waals surface area contributed by atoms with Crippen LogP contribution in [0.5, 0.6) is 0 Å². The Morgan fingerprint density at radius 3 is 2.72 bits per heavy atom. The lowest BCUT2D eigenvalue weighted by Crippen LogP contribution is -2.27. The van der Waals surface area contributed by atoms with E-state index in [2.05, 4.69) is 5.32 Å². The first-order valence-corrected chi connectivity index (χ1v) is 7.62. The van der Waals surface area contributed by atoms with Crippen LogP contribution in [-0.4, -0.2) is 32.9 Å². The Morgan fingerprint density at radius 1 is 1.39 bits per heavy atom. The van der Waals surface area contributed by atoms with Crippen molar-refractivity contribution in [1.82, 2.24) is 5.32 Å². The molecule has 1 aromatic rings. The maximum absolute atomic E-state index is 12.9. The van der Waals surface area contributed by atoms with Crippen LogP contribution in [0.25, 0.3) is 0 Å². The Balaban J connectivity index is 2.28. The first kappa shape index (κ1) is 14.6. The Bertz CT molecular complexity index is 514. The summed E-state index contributed by atoms with van der Waals surface area (Å²) in [6, 6.07) is 6.14. The van der Waals surface area contributed by atoms with Gasteiger partial charge in [-0.3, -0.25) is 4.79 Å². The third-order valence-electron chi connectivity index (χ3n) is 2.32. The van der Waals surface area contributed by atoms with E-state index in [0.717, 1.165) is 11.8 Å². The smallest absolute Gasteiger partial charge is 0.221 e. The summed E-state index contributed by atoms with van der Waals surface area (Å²) in [5, 5.41) is 2.60. The minimum absolute atomic E-state index is 0.0397. The second kappa shape index (κ2) is 6.49. The first-order chi connectivity index (χ1) is 8.37. The molecule has 0 radical (unpaired) electrons. The molecule has 0 spiro atoms. The van der Waals surface area contributed by atoms with E-state index in [-0.39, 0.29) is 23.9 Å². The van der Waals surface area contributed by atoms with Crippen LogP contribution in [0.1, 0.15) is 12.0 Å². The van der Waals surface area contributed by atoms with Gasteiger partial charge in [0.15, 0.2) is 0 Å². The third-order valence-corrected chi connectivity index (χ3v) is 3.27. The highest BCUT2D eigenvalue weighted by molar-refractivity contribution is 7.90. The summed E-state index contributed by atoms with van der Waals surface area (Å²) in [6.07, 6.45) is 1.57. The fourth-order valence-electron chi connectivity index (χ4n) is 1.41. The molecule has 1 aromatic carbocycles. The van der Waals surface area contributed by atoms with Gasteiger partial charge in [0.1, 0.15) is 15.7 Å². The maximum Gasteiger partial charge on any atom is 0.221 e. The number of benzene rings is 1. The third kappa shape index (κ3) is 6.34. The highest BCUT2D eigenvalue weighted by atomic mass is 32.2. The molecular formula is C12H16FNO3S. The SMILES string of the molecule is CS(=O)(=O)CCC(=O)NCCc1cccc(F)c1. The van der Waals surface area contributed by atoms with Gasteiger partial charge in [-0.15, -0.1) is 0 Å². The lowest BCUT2D eigenvalue weighted by Gasteiger charge is -2.05. The van der Waals surface area contributed by atoms with Crippen LogP contribution < -0.4 is 5.32 Å². The molecule has 0 atom stereocenters. The average molecular weight is 273 g/mol. The summed E-state index contributed by atoms with van der Waals surface area (Å²) in [4.78, 5) is 11.3. The fraction of sp³-hybridized carbons (Fsp3) is 0.417. The highest BCUT2D eigenvalue weighted by Gasteiger charge is 2.07. The molecule has 0 fully saturated rings. The van der Waals surface area contributed by atoms with Crippen LogP contribution >= 0.6 is 0 Å². The van der Waals surface area contributed by atoms with E-state index < -0.39 is 9.84 Å². The average Bonchev–Trinajstić information content (AvgIpc) is 2.25. The number of halogens is 1. The van der Waals surface area contributed by atoms with Crippen molar-refractivity contribution in [2.75, 3.05) is 18.6 Å². The van der Waals surface area contributed by atoms with Crippen molar-refractivity contribution in [2.45, 2.75) is 12.8 Å². The van der Waals surface area contributed by atoms with Crippen LogP contribution in [0.3, 0.4) is 0 Å². The van der Waals surface area contributed by atoms with Gasteiger partial charge in [0.25, 0.3) is 0 Å². The number of carbonyl (C=O) groups is 1. The number of hydrogen-bond donors (Lipinski definition) is 1. The molecule has 0 saturated carbocycles. The van der Waals surface area contributed by atoms with Gasteiger partial charge in [-0.2, -0.15) is 0 Å². The van der Waals surface area contributed by atoms with E-state index in [0.29, 0.717) is 13.0 Å². The monoisotopic (exact) mass is 273 g/mol. The molecule has 1 rings (SSSR count). The van der Waals surface area contributed by atoms with Crippen LogP contribution in [-0.2, 0) is 21.1 Å². The second-order valence-corrected chi connectivity index (χ2v) is 6.37. The van der Waals surface area contributed by atoms with Crippen LogP contribution in [0.4, 0.5) is 4.39 Å². The molecule has 0 heterocycles. The molecule has 18 heavy (non-hydrogen) atoms. The van der Waals surface area contributed by atoms with Gasteiger partial charge in [-0.25, -0.2) is 12.8 Å². The van der Waals surface area contributed by atoms with Crippen molar-refractivity contribution in [2.24, 2.45) is 0 Å². The molecule has 0 aromatic heterocycles. The van der Waals surface area contributed by atoms with Gasteiger partial charge in [0.2, 0.25) is 5.91 Å². The number of amides is 1. The second-order valence-electron chi connectivity index (χ2n) is 4.11. The predicted octanol–water partition coefficient (Wildman–Crippen LogP) is 0.919. The summed E-state index contributed by atoms with van der Waals surface area (Å²) in [5.74, 6) is -0.772. The van der Waals surface area contributed by atoms with E-state index in [9.17, 15) is 17.6 Å². The largest absolute Gasteiger partial charge is 0.356 e. The predicted molar refractivity (Wildman–Crippen MR) is 67.4 cm³/mol. The van der Waals surface area contributed by atoms with Gasteiger partial charge in [-0.1, -0.05) is 12.1 Å². The normalized spacial score (nSPS) is 11.2. The maximum atomic E-state index is 12.9. The molecule has 0 aliphatic heterocycles. The van der Waals surface area contributed by atoms with Gasteiger partial charge in [0.05, 0.1) is 5.75 Å². The van der Waals surface area contributed by atoms with E-state index in [4.69, 9.17) is 0 Å². The Morgan fingerprint density at radius 2 is 2.11 bits per heavy atom. The molecule has 0 unspecified atom stereocenters. The van der Waals surface area contributed by atoms with Gasteiger partial charge in [-0.05, 0) is 24.1 Å². The number of hydrogen-bond acceptors (Lipinski definition) is 3. The van der Waals surface area contributed by atoms with E-state index in [1.165, 1.54) is 12.1 Å². The summed E-state index contributed by atoms with van der Waals surface area (Å²) in [7, 11) is -3.11. The summed E-state index contributed by atoms with van der Waals surface area (Å²) < 4.78 is 34.5. The van der Waals surface area contributed by atoms with Gasteiger partial charge >= 0.3 is 0 Å². The number of carbonyl (C=O) groups excluding carboxylic acids is 1. The van der Waals surface area contributed by atoms with E-state index >= 15 is 0 Å². The fourth-order valence-corrected chi connectivity index (χ4v) is 1.96. The standard InChI is InChI=1S/C12H16FNO3S/c1-18(16,17)8-6-12(15)14-7-5-10-3-2-4-11(13)9-10/h2-4,9H,5-8H2,1H3,(H,14,15). The number of rotatable bonds is 6. The number of sulfone groups is 1. The zero-order valence-corrected chi connectivity index (χ0v) is 11.0. The van der Waals surface area contributed by atoms with Gasteiger partial charge in [0, 0.05) is 19.2 Å². The molecule has 6 heteroatoms. The zero-order chi connectivity index (χ0) is 13.6. The van der Waals surface area contributed by atoms with Crippen molar-refractivity contribution in [3.63, 3.8) is 0 Å². The van der Waals surface area contributed by atoms with Crippen molar-refractivity contribution < 1.29 is 17.6 Å². The van der Waals surface area contributed by atoms with Crippen molar-refractivity contribution >= 4 is 15.7 Å². The Hall–Kier alpha value is -1.43.